The summed E-state index contributed by atoms with van der Waals surface area (Å²) in [6.45, 7) is 1.77. The highest BCUT2D eigenvalue weighted by atomic mass is 19.1. The van der Waals surface area contributed by atoms with Gasteiger partial charge < -0.3 is 5.73 Å². The van der Waals surface area contributed by atoms with Crippen LogP contribution in [0, 0.1) is 18.6 Å². The van der Waals surface area contributed by atoms with Gasteiger partial charge in [0.25, 0.3) is 5.56 Å². The summed E-state index contributed by atoms with van der Waals surface area (Å²) in [5.74, 6) is -0.886. The predicted molar refractivity (Wildman–Crippen MR) is 82.5 cm³/mol. The van der Waals surface area contributed by atoms with Gasteiger partial charge in [-0.15, -0.1) is 0 Å². The minimum Gasteiger partial charge on any atom is -0.330 e. The Labute approximate surface area is 130 Å². The van der Waals surface area contributed by atoms with Crippen LogP contribution in [0.15, 0.2) is 35.4 Å². The van der Waals surface area contributed by atoms with Crippen molar-refractivity contribution in [3.8, 4) is 5.69 Å². The average Bonchev–Trinajstić information content (AvgIpc) is 2.51. The Morgan fingerprint density at radius 2 is 2.00 bits per heavy atom. The fourth-order valence-electron chi connectivity index (χ4n) is 2.50. The van der Waals surface area contributed by atoms with E-state index in [1.807, 2.05) is 0 Å². The third-order valence-corrected chi connectivity index (χ3v) is 3.65. The first kappa shape index (κ1) is 15.2. The lowest BCUT2D eigenvalue weighted by molar-refractivity contribution is 0.608. The standard InChI is InChI=1S/C16H14F2N4O/c1-9-11(18)7-20-8-13(9)22-14(5-6-19)21-12-4-2-3-10(17)15(12)16(22)23/h2-4,7-8H,5-6,19H2,1H3. The molecule has 0 amide bonds. The quantitative estimate of drug-likeness (QED) is 0.800. The molecule has 0 atom stereocenters. The van der Waals surface area contributed by atoms with Crippen molar-refractivity contribution in [2.75, 3.05) is 6.54 Å². The van der Waals surface area contributed by atoms with Crippen LogP contribution in [0.25, 0.3) is 16.6 Å². The molecular formula is C16H14F2N4O. The lowest BCUT2D eigenvalue weighted by Gasteiger charge is -2.15. The maximum atomic E-state index is 14.1. The van der Waals surface area contributed by atoms with E-state index in [-0.39, 0.29) is 35.1 Å². The summed E-state index contributed by atoms with van der Waals surface area (Å²) in [6.07, 6.45) is 2.70. The van der Waals surface area contributed by atoms with Gasteiger partial charge in [-0.3, -0.25) is 14.3 Å². The van der Waals surface area contributed by atoms with E-state index in [1.54, 1.807) is 6.07 Å². The Bertz CT molecular complexity index is 953. The van der Waals surface area contributed by atoms with Crippen molar-refractivity contribution < 1.29 is 8.78 Å². The average molecular weight is 316 g/mol. The van der Waals surface area contributed by atoms with Crippen LogP contribution >= 0.6 is 0 Å². The van der Waals surface area contributed by atoms with Crippen LogP contribution < -0.4 is 11.3 Å². The van der Waals surface area contributed by atoms with Crippen LogP contribution in [-0.4, -0.2) is 21.1 Å². The molecule has 23 heavy (non-hydrogen) atoms. The molecule has 118 valence electrons. The minimum absolute atomic E-state index is 0.142. The zero-order chi connectivity index (χ0) is 16.6. The monoisotopic (exact) mass is 316 g/mol. The van der Waals surface area contributed by atoms with Crippen LogP contribution in [-0.2, 0) is 6.42 Å². The Morgan fingerprint density at radius 1 is 1.22 bits per heavy atom. The highest BCUT2D eigenvalue weighted by Crippen LogP contribution is 2.19. The summed E-state index contributed by atoms with van der Waals surface area (Å²) in [4.78, 5) is 20.9. The van der Waals surface area contributed by atoms with Crippen LogP contribution in [0.2, 0.25) is 0 Å². The number of nitrogens with zero attached hydrogens (tertiary/aromatic N) is 3. The zero-order valence-corrected chi connectivity index (χ0v) is 12.4. The van der Waals surface area contributed by atoms with E-state index < -0.39 is 17.2 Å². The van der Waals surface area contributed by atoms with E-state index in [2.05, 4.69) is 9.97 Å². The molecule has 2 N–H and O–H groups in total. The number of halogens is 2. The summed E-state index contributed by atoms with van der Waals surface area (Å²) in [5.41, 5.74) is 5.69. The normalized spacial score (nSPS) is 11.1. The van der Waals surface area contributed by atoms with E-state index in [0.717, 1.165) is 6.20 Å². The van der Waals surface area contributed by atoms with E-state index in [1.165, 1.54) is 29.8 Å². The van der Waals surface area contributed by atoms with Crippen LogP contribution in [0.1, 0.15) is 11.4 Å². The molecule has 0 bridgehead atoms. The van der Waals surface area contributed by atoms with E-state index in [4.69, 9.17) is 5.73 Å². The fourth-order valence-corrected chi connectivity index (χ4v) is 2.50. The van der Waals surface area contributed by atoms with Gasteiger partial charge in [-0.25, -0.2) is 13.8 Å². The number of pyridine rings is 1. The van der Waals surface area contributed by atoms with E-state index in [9.17, 15) is 13.6 Å². The van der Waals surface area contributed by atoms with Crippen molar-refractivity contribution in [1.29, 1.82) is 0 Å². The molecule has 0 radical (unpaired) electrons. The molecule has 2 heterocycles. The van der Waals surface area contributed by atoms with Gasteiger partial charge >= 0.3 is 0 Å². The van der Waals surface area contributed by atoms with Gasteiger partial charge in [-0.1, -0.05) is 6.07 Å². The SMILES string of the molecule is Cc1c(F)cncc1-n1c(CCN)nc2cccc(F)c2c1=O. The van der Waals surface area contributed by atoms with Crippen LogP contribution in [0.5, 0.6) is 0 Å². The number of fused-ring (bicyclic) bond motifs is 1. The largest absolute Gasteiger partial charge is 0.330 e. The molecule has 3 rings (SSSR count). The second-order valence-corrected chi connectivity index (χ2v) is 5.11. The lowest BCUT2D eigenvalue weighted by Crippen LogP contribution is -2.27. The molecule has 0 fully saturated rings. The second-order valence-electron chi connectivity index (χ2n) is 5.11. The first-order valence-electron chi connectivity index (χ1n) is 7.05. The first-order chi connectivity index (χ1) is 11.0. The van der Waals surface area contributed by atoms with Gasteiger partial charge in [0.15, 0.2) is 0 Å². The number of rotatable bonds is 3. The number of hydrogen-bond donors (Lipinski definition) is 1. The smallest absolute Gasteiger partial charge is 0.269 e. The number of hydrogen-bond acceptors (Lipinski definition) is 4. The van der Waals surface area contributed by atoms with Crippen molar-refractivity contribution in [2.45, 2.75) is 13.3 Å². The van der Waals surface area contributed by atoms with Crippen molar-refractivity contribution >= 4 is 10.9 Å². The molecule has 0 aliphatic heterocycles. The predicted octanol–water partition coefficient (Wildman–Crippen LogP) is 1.87. The van der Waals surface area contributed by atoms with Gasteiger partial charge in [0, 0.05) is 12.0 Å². The minimum atomic E-state index is -0.671. The third-order valence-electron chi connectivity index (χ3n) is 3.65. The summed E-state index contributed by atoms with van der Waals surface area (Å²) < 4.78 is 29.1. The molecule has 3 aromatic rings. The Hall–Kier alpha value is -2.67. The molecule has 0 aliphatic carbocycles. The van der Waals surface area contributed by atoms with Crippen molar-refractivity contribution in [1.82, 2.24) is 14.5 Å². The van der Waals surface area contributed by atoms with Crippen LogP contribution in [0.3, 0.4) is 0 Å². The first-order valence-corrected chi connectivity index (χ1v) is 7.05. The summed E-state index contributed by atoms with van der Waals surface area (Å²) in [7, 11) is 0. The highest BCUT2D eigenvalue weighted by Gasteiger charge is 2.17. The van der Waals surface area contributed by atoms with Gasteiger partial charge in [-0.2, -0.15) is 0 Å². The number of benzene rings is 1. The lowest BCUT2D eigenvalue weighted by atomic mass is 10.2. The molecule has 0 unspecified atom stereocenters. The molecule has 0 saturated carbocycles. The van der Waals surface area contributed by atoms with Crippen molar-refractivity contribution in [3.05, 3.63) is 64.0 Å². The van der Waals surface area contributed by atoms with E-state index in [0.29, 0.717) is 5.82 Å². The number of aromatic nitrogens is 3. The highest BCUT2D eigenvalue weighted by molar-refractivity contribution is 5.78. The summed E-state index contributed by atoms with van der Waals surface area (Å²) >= 11 is 0. The van der Waals surface area contributed by atoms with Gasteiger partial charge in [0.05, 0.1) is 23.6 Å². The molecule has 0 aliphatic rings. The van der Waals surface area contributed by atoms with E-state index >= 15 is 0 Å². The van der Waals surface area contributed by atoms with Gasteiger partial charge in [0.1, 0.15) is 22.8 Å². The Morgan fingerprint density at radius 3 is 2.74 bits per heavy atom. The molecule has 7 heteroatoms. The van der Waals surface area contributed by atoms with Gasteiger partial charge in [0.2, 0.25) is 0 Å². The maximum absolute atomic E-state index is 14.1. The van der Waals surface area contributed by atoms with Crippen molar-refractivity contribution in [2.24, 2.45) is 5.73 Å². The van der Waals surface area contributed by atoms with Gasteiger partial charge in [-0.05, 0) is 25.6 Å². The van der Waals surface area contributed by atoms with Crippen LogP contribution in [0.4, 0.5) is 8.78 Å². The topological polar surface area (TPSA) is 73.8 Å². The fraction of sp³-hybridized carbons (Fsp3) is 0.188. The molecule has 5 nitrogen and oxygen atoms in total. The molecule has 2 aromatic heterocycles. The molecular weight excluding hydrogens is 302 g/mol. The summed E-state index contributed by atoms with van der Waals surface area (Å²) in [6, 6.07) is 4.23. The van der Waals surface area contributed by atoms with Crippen molar-refractivity contribution in [3.63, 3.8) is 0 Å². The zero-order valence-electron chi connectivity index (χ0n) is 12.4. The Balaban J connectivity index is 2.45. The maximum Gasteiger partial charge on any atom is 0.269 e. The molecule has 0 spiro atoms. The summed E-state index contributed by atoms with van der Waals surface area (Å²) in [5, 5.41) is -0.142. The third kappa shape index (κ3) is 2.49. The molecule has 1 aromatic carbocycles. The molecule has 0 saturated heterocycles. The second kappa shape index (κ2) is 5.85. The number of nitrogens with two attached hydrogens (primary N) is 1. The Kier molecular flexibility index (Phi) is 3.87.